The molecule has 2 aromatic rings. The van der Waals surface area contributed by atoms with Crippen molar-refractivity contribution in [3.63, 3.8) is 0 Å². The van der Waals surface area contributed by atoms with Crippen molar-refractivity contribution >= 4 is 17.5 Å². The average Bonchev–Trinajstić information content (AvgIpc) is 2.87. The van der Waals surface area contributed by atoms with Crippen LogP contribution in [0.4, 0.5) is 5.82 Å². The van der Waals surface area contributed by atoms with Crippen molar-refractivity contribution in [3.05, 3.63) is 77.5 Å². The lowest BCUT2D eigenvalue weighted by Crippen LogP contribution is -2.18. The molecule has 200 valence electrons. The van der Waals surface area contributed by atoms with E-state index in [0.717, 1.165) is 24.1 Å². The van der Waals surface area contributed by atoms with Crippen molar-refractivity contribution in [3.8, 4) is 11.5 Å². The summed E-state index contributed by atoms with van der Waals surface area (Å²) in [5.41, 5.74) is 3.38. The predicted molar refractivity (Wildman–Crippen MR) is 149 cm³/mol. The summed E-state index contributed by atoms with van der Waals surface area (Å²) in [5.74, 6) is 1.57. The Morgan fingerprint density at radius 3 is 2.32 bits per heavy atom. The number of carbonyl (C=O) groups excluding carboxylic acids is 1. The van der Waals surface area contributed by atoms with Gasteiger partial charge in [0.25, 0.3) is 0 Å². The highest BCUT2D eigenvalue weighted by molar-refractivity contribution is 5.89. The largest absolute Gasteiger partial charge is 0.490 e. The molecule has 2 atom stereocenters. The summed E-state index contributed by atoms with van der Waals surface area (Å²) in [7, 11) is 3.00. The van der Waals surface area contributed by atoms with E-state index in [9.17, 15) is 4.79 Å². The summed E-state index contributed by atoms with van der Waals surface area (Å²) in [4.78, 5) is 16.1. The number of hydrogen-bond donors (Lipinski definition) is 1. The monoisotopic (exact) mass is 508 g/mol. The van der Waals surface area contributed by atoms with Gasteiger partial charge in [-0.1, -0.05) is 36.8 Å². The first-order valence-electron chi connectivity index (χ1n) is 12.6. The van der Waals surface area contributed by atoms with Gasteiger partial charge in [-0.15, -0.1) is 0 Å². The lowest BCUT2D eigenvalue weighted by molar-refractivity contribution is 0.0600. The van der Waals surface area contributed by atoms with Gasteiger partial charge in [0.1, 0.15) is 23.4 Å². The van der Waals surface area contributed by atoms with E-state index in [1.165, 1.54) is 18.9 Å². The third-order valence-corrected chi connectivity index (χ3v) is 5.31. The predicted octanol–water partition coefficient (Wildman–Crippen LogP) is 6.82. The van der Waals surface area contributed by atoms with Gasteiger partial charge in [-0.25, -0.2) is 9.78 Å². The molecule has 0 saturated heterocycles. The minimum Gasteiger partial charge on any atom is -0.490 e. The standard InChI is InChI=1S/C30H40N2O5/c1-8-10-12-21(3)15-22(4)36-26-16-25(17-27(18-26)37-23(5)20-34-6)28(11-9-2)32-29-14-13-24(19-31-29)30(33)35-7/h8,10-14,16-19,22-23H,9,15,20H2,1-7H3,(H,31,32)/b10-8+,21-12+,28-11+. The highest BCUT2D eigenvalue weighted by Crippen LogP contribution is 2.30. The molecule has 37 heavy (non-hydrogen) atoms. The summed E-state index contributed by atoms with van der Waals surface area (Å²) in [6.45, 7) is 10.7. The van der Waals surface area contributed by atoms with Crippen LogP contribution < -0.4 is 14.8 Å². The third kappa shape index (κ3) is 10.1. The lowest BCUT2D eigenvalue weighted by Gasteiger charge is -2.20. The summed E-state index contributed by atoms with van der Waals surface area (Å²) >= 11 is 0. The fraction of sp³-hybridized carbons (Fsp3) is 0.400. The van der Waals surface area contributed by atoms with Crippen LogP contribution in [-0.2, 0) is 9.47 Å². The van der Waals surface area contributed by atoms with E-state index >= 15 is 0 Å². The molecule has 0 spiro atoms. The molecule has 0 aliphatic carbocycles. The van der Waals surface area contributed by atoms with Crippen LogP contribution in [0, 0.1) is 0 Å². The normalized spacial score (nSPS) is 13.8. The molecule has 1 heterocycles. The van der Waals surface area contributed by atoms with Crippen molar-refractivity contribution in [2.45, 2.75) is 59.7 Å². The van der Waals surface area contributed by atoms with Crippen LogP contribution in [0.1, 0.15) is 63.4 Å². The zero-order valence-corrected chi connectivity index (χ0v) is 23.0. The molecule has 0 aliphatic heterocycles. The lowest BCUT2D eigenvalue weighted by atomic mass is 10.1. The Bertz CT molecular complexity index is 1090. The van der Waals surface area contributed by atoms with E-state index < -0.39 is 5.97 Å². The molecule has 0 bridgehead atoms. The zero-order valence-electron chi connectivity index (χ0n) is 23.0. The van der Waals surface area contributed by atoms with Crippen LogP contribution in [0.25, 0.3) is 5.70 Å². The fourth-order valence-corrected chi connectivity index (χ4v) is 3.71. The first-order valence-corrected chi connectivity index (χ1v) is 12.6. The van der Waals surface area contributed by atoms with Gasteiger partial charge in [-0.2, -0.15) is 0 Å². The van der Waals surface area contributed by atoms with Crippen LogP contribution in [-0.4, -0.2) is 44.0 Å². The van der Waals surface area contributed by atoms with Crippen molar-refractivity contribution in [2.24, 2.45) is 0 Å². The quantitative estimate of drug-likeness (QED) is 0.221. The summed E-state index contributed by atoms with van der Waals surface area (Å²) in [5, 5.41) is 3.37. The number of pyridine rings is 1. The van der Waals surface area contributed by atoms with Crippen LogP contribution in [0.5, 0.6) is 11.5 Å². The van der Waals surface area contributed by atoms with E-state index in [4.69, 9.17) is 18.9 Å². The number of hydrogen-bond acceptors (Lipinski definition) is 7. The van der Waals surface area contributed by atoms with Crippen molar-refractivity contribution in [1.29, 1.82) is 0 Å². The van der Waals surface area contributed by atoms with Crippen molar-refractivity contribution in [1.82, 2.24) is 4.98 Å². The van der Waals surface area contributed by atoms with Gasteiger partial charge in [-0.05, 0) is 58.4 Å². The first kappa shape index (κ1) is 29.6. The second-order valence-corrected chi connectivity index (χ2v) is 8.82. The first-order chi connectivity index (χ1) is 17.8. The molecule has 1 aromatic carbocycles. The minimum absolute atomic E-state index is 0.0277. The highest BCUT2D eigenvalue weighted by atomic mass is 16.5. The maximum atomic E-state index is 11.7. The van der Waals surface area contributed by atoms with Crippen LogP contribution in [0.15, 0.2) is 66.4 Å². The topological polar surface area (TPSA) is 78.9 Å². The Labute approximate surface area is 221 Å². The number of anilines is 1. The number of rotatable bonds is 14. The van der Waals surface area contributed by atoms with Crippen LogP contribution >= 0.6 is 0 Å². The molecule has 1 aromatic heterocycles. The Kier molecular flexibility index (Phi) is 12.4. The van der Waals surface area contributed by atoms with Gasteiger partial charge in [0.05, 0.1) is 25.4 Å². The number of benzene rings is 1. The fourth-order valence-electron chi connectivity index (χ4n) is 3.71. The number of nitrogens with one attached hydrogen (secondary N) is 1. The molecule has 0 amide bonds. The van der Waals surface area contributed by atoms with Gasteiger partial charge in [0.15, 0.2) is 0 Å². The van der Waals surface area contributed by atoms with E-state index in [1.54, 1.807) is 19.2 Å². The van der Waals surface area contributed by atoms with Crippen molar-refractivity contribution < 1.29 is 23.7 Å². The molecule has 0 aliphatic rings. The molecule has 0 fully saturated rings. The number of aromatic nitrogens is 1. The van der Waals surface area contributed by atoms with Crippen molar-refractivity contribution in [2.75, 3.05) is 26.1 Å². The maximum Gasteiger partial charge on any atom is 0.339 e. The molecule has 1 N–H and O–H groups in total. The molecular formula is C30H40N2O5. The second kappa shape index (κ2) is 15.5. The highest BCUT2D eigenvalue weighted by Gasteiger charge is 2.14. The van der Waals surface area contributed by atoms with E-state index in [-0.39, 0.29) is 12.2 Å². The molecule has 7 nitrogen and oxygen atoms in total. The number of methoxy groups -OCH3 is 2. The second-order valence-electron chi connectivity index (χ2n) is 8.82. The van der Waals surface area contributed by atoms with Gasteiger partial charge in [-0.3, -0.25) is 0 Å². The number of esters is 1. The average molecular weight is 509 g/mol. The molecule has 2 rings (SSSR count). The Morgan fingerprint density at radius 2 is 1.76 bits per heavy atom. The Morgan fingerprint density at radius 1 is 1.05 bits per heavy atom. The number of ether oxygens (including phenoxy) is 4. The smallest absolute Gasteiger partial charge is 0.339 e. The SMILES string of the molecule is C/C=C/C=C(\C)CC(C)Oc1cc(OC(C)COC)cc(/C(=C\CC)Nc2ccc(C(=O)OC)cn2)c1. The van der Waals surface area contributed by atoms with Crippen LogP contribution in [0.2, 0.25) is 0 Å². The van der Waals surface area contributed by atoms with Gasteiger partial charge in [0, 0.05) is 37.1 Å². The van der Waals surface area contributed by atoms with Gasteiger partial charge < -0.3 is 24.3 Å². The van der Waals surface area contributed by atoms with Gasteiger partial charge >= 0.3 is 5.97 Å². The zero-order chi connectivity index (χ0) is 27.2. The minimum atomic E-state index is -0.426. The summed E-state index contributed by atoms with van der Waals surface area (Å²) in [6, 6.07) is 9.29. The molecular weight excluding hydrogens is 468 g/mol. The number of carbonyl (C=O) groups is 1. The Hall–Kier alpha value is -3.58. The van der Waals surface area contributed by atoms with E-state index in [0.29, 0.717) is 29.5 Å². The number of nitrogens with zero attached hydrogens (tertiary/aromatic N) is 1. The number of allylic oxidation sites excluding steroid dienone is 4. The molecule has 0 radical (unpaired) electrons. The summed E-state index contributed by atoms with van der Waals surface area (Å²) in [6.07, 6.45) is 11.2. The molecule has 0 saturated carbocycles. The van der Waals surface area contributed by atoms with Crippen LogP contribution in [0.3, 0.4) is 0 Å². The van der Waals surface area contributed by atoms with E-state index in [2.05, 4.69) is 43.2 Å². The Balaban J connectivity index is 2.36. The summed E-state index contributed by atoms with van der Waals surface area (Å²) < 4.78 is 22.5. The van der Waals surface area contributed by atoms with Gasteiger partial charge in [0.2, 0.25) is 0 Å². The molecule has 7 heteroatoms. The molecule has 2 unspecified atom stereocenters. The third-order valence-electron chi connectivity index (χ3n) is 5.31. The van der Waals surface area contributed by atoms with E-state index in [1.807, 2.05) is 44.2 Å². The maximum absolute atomic E-state index is 11.7.